The van der Waals surface area contributed by atoms with E-state index in [1.54, 1.807) is 13.1 Å². The number of benzene rings is 2. The Bertz CT molecular complexity index is 2620. The van der Waals surface area contributed by atoms with Gasteiger partial charge in [0.05, 0.1) is 26.5 Å². The summed E-state index contributed by atoms with van der Waals surface area (Å²) < 4.78 is 24.7. The number of carbonyl (C=O) groups excluding carboxylic acids is 1. The number of allylic oxidation sites excluding steroid dienone is 4. The summed E-state index contributed by atoms with van der Waals surface area (Å²) >= 11 is 8.40. The van der Waals surface area contributed by atoms with Gasteiger partial charge < -0.3 is 34.0 Å². The molecule has 3 aromatic heterocycles. The molecule has 346 valence electrons. The summed E-state index contributed by atoms with van der Waals surface area (Å²) in [5.41, 5.74) is 7.29. The molecule has 2 aliphatic carbocycles. The minimum atomic E-state index is -1.26. The predicted octanol–water partition coefficient (Wildman–Crippen LogP) is 8.02. The van der Waals surface area contributed by atoms with Crippen molar-refractivity contribution in [1.82, 2.24) is 34.0 Å². The van der Waals surface area contributed by atoms with E-state index in [2.05, 4.69) is 38.9 Å². The highest BCUT2D eigenvalue weighted by Crippen LogP contribution is 2.48. The number of halogens is 1. The Kier molecular flexibility index (Phi) is 14.1. The molecular weight excluding hydrogens is 876 g/mol. The molecule has 1 saturated carbocycles. The number of aromatic nitrogens is 4. The monoisotopic (exact) mass is 932 g/mol. The van der Waals surface area contributed by atoms with Gasteiger partial charge in [-0.2, -0.15) is 4.37 Å². The smallest absolute Gasteiger partial charge is 0.345 e. The molecule has 5 heterocycles. The number of rotatable bonds is 16. The highest BCUT2D eigenvalue weighted by Gasteiger charge is 2.33. The topological polar surface area (TPSA) is 147 Å². The van der Waals surface area contributed by atoms with E-state index in [-0.39, 0.29) is 24.8 Å². The maximum atomic E-state index is 13.0. The highest BCUT2D eigenvalue weighted by molar-refractivity contribution is 7.13. The first-order chi connectivity index (χ1) is 32.1. The number of aliphatic carboxylic acids is 1. The van der Waals surface area contributed by atoms with Crippen LogP contribution < -0.4 is 14.4 Å². The molecule has 0 bridgehead atoms. The Morgan fingerprint density at radius 3 is 2.44 bits per heavy atom. The zero-order chi connectivity index (χ0) is 45.7. The number of likely N-dealkylation sites (N-methyl/N-ethyl adjacent to an activating group) is 1. The third-order valence-electron chi connectivity index (χ3n) is 13.4. The standard InChI is InChI=1S/C50H57ClN8O6S/c1-32-39(15-16-41(46(32)51)63-28-27-57-21-19-56(3)20-22-57)44-45-43(30-53-47(44)34-8-6-9-34)66-55-49(45)65-42(50(61)62)29-36-7-4-5-10-40(36)64-31-37-17-18-52-48(54-37)35-11-13-38(14-12-35)59-25-23-58(24-26-59)33(2)60/h4-5,7,10-14,17-18,30,34,42H,6,8-9,15-16,19-29,31H2,1-3H3,(H,61,62)/t42-/m1/s1. The molecule has 1 N–H and O–H groups in total. The number of carboxylic acid groups (broad SMARTS) is 1. The Hall–Kier alpha value is -5.61. The Balaban J connectivity index is 0.906. The van der Waals surface area contributed by atoms with E-state index in [9.17, 15) is 14.7 Å². The van der Waals surface area contributed by atoms with Crippen molar-refractivity contribution in [1.29, 1.82) is 0 Å². The summed E-state index contributed by atoms with van der Waals surface area (Å²) in [7, 11) is 2.16. The third kappa shape index (κ3) is 10.2. The number of anilines is 1. The molecule has 0 unspecified atom stereocenters. The van der Waals surface area contributed by atoms with Crippen molar-refractivity contribution in [3.05, 3.63) is 106 Å². The number of nitrogens with zero attached hydrogens (tertiary/aromatic N) is 8. The number of ether oxygens (including phenoxy) is 3. The minimum absolute atomic E-state index is 0.0384. The van der Waals surface area contributed by atoms with Gasteiger partial charge in [0, 0.05) is 114 Å². The fourth-order valence-corrected chi connectivity index (χ4v) is 10.2. The molecule has 66 heavy (non-hydrogen) atoms. The largest absolute Gasteiger partial charge is 0.495 e. The van der Waals surface area contributed by atoms with E-state index in [1.165, 1.54) is 11.5 Å². The van der Waals surface area contributed by atoms with Crippen molar-refractivity contribution < 1.29 is 28.9 Å². The predicted molar refractivity (Wildman–Crippen MR) is 257 cm³/mol. The highest BCUT2D eigenvalue weighted by atomic mass is 35.5. The molecule has 0 spiro atoms. The van der Waals surface area contributed by atoms with E-state index in [0.29, 0.717) is 66.3 Å². The number of pyridine rings is 1. The second-order valence-corrected chi connectivity index (χ2v) is 18.8. The molecule has 0 radical (unpaired) electrons. The lowest BCUT2D eigenvalue weighted by Crippen LogP contribution is -2.48. The summed E-state index contributed by atoms with van der Waals surface area (Å²) in [5, 5.41) is 12.1. The van der Waals surface area contributed by atoms with E-state index in [0.717, 1.165) is 115 Å². The van der Waals surface area contributed by atoms with E-state index < -0.39 is 12.1 Å². The maximum absolute atomic E-state index is 13.0. The third-order valence-corrected chi connectivity index (χ3v) is 14.7. The van der Waals surface area contributed by atoms with Gasteiger partial charge in [0.2, 0.25) is 17.9 Å². The fourth-order valence-electron chi connectivity index (χ4n) is 9.19. The number of amides is 1. The lowest BCUT2D eigenvalue weighted by molar-refractivity contribution is -0.145. The van der Waals surface area contributed by atoms with Crippen LogP contribution in [0.3, 0.4) is 0 Å². The van der Waals surface area contributed by atoms with Gasteiger partial charge in [-0.15, -0.1) is 0 Å². The Morgan fingerprint density at radius 1 is 0.939 bits per heavy atom. The molecule has 9 rings (SSSR count). The number of hydrogen-bond donors (Lipinski definition) is 1. The van der Waals surface area contributed by atoms with Crippen LogP contribution in [0.2, 0.25) is 0 Å². The van der Waals surface area contributed by atoms with Crippen LogP contribution in [0.15, 0.2) is 83.4 Å². The van der Waals surface area contributed by atoms with Gasteiger partial charge in [0.25, 0.3) is 0 Å². The van der Waals surface area contributed by atoms with E-state index in [4.69, 9.17) is 40.2 Å². The normalized spacial score (nSPS) is 18.1. The van der Waals surface area contributed by atoms with Crippen LogP contribution in [-0.2, 0) is 27.4 Å². The van der Waals surface area contributed by atoms with Crippen LogP contribution in [0.1, 0.15) is 74.4 Å². The molecule has 1 amide bonds. The molecule has 14 nitrogen and oxygen atoms in total. The molecule has 3 fully saturated rings. The van der Waals surface area contributed by atoms with Gasteiger partial charge in [0.15, 0.2) is 5.82 Å². The summed E-state index contributed by atoms with van der Waals surface area (Å²) in [4.78, 5) is 48.1. The molecule has 2 aliphatic heterocycles. The lowest BCUT2D eigenvalue weighted by Gasteiger charge is -2.35. The number of fused-ring (bicyclic) bond motifs is 1. The van der Waals surface area contributed by atoms with Gasteiger partial charge >= 0.3 is 5.97 Å². The molecule has 16 heteroatoms. The summed E-state index contributed by atoms with van der Waals surface area (Å²) in [6.45, 7) is 12.4. The van der Waals surface area contributed by atoms with Gasteiger partial charge in [-0.1, -0.05) is 36.2 Å². The van der Waals surface area contributed by atoms with Crippen LogP contribution in [0.5, 0.6) is 11.6 Å². The summed E-state index contributed by atoms with van der Waals surface area (Å²) in [6, 6.07) is 17.4. The second-order valence-electron chi connectivity index (χ2n) is 17.7. The summed E-state index contributed by atoms with van der Waals surface area (Å²) in [6.07, 6.45) is 6.92. The molecule has 2 saturated heterocycles. The van der Waals surface area contributed by atoms with Crippen LogP contribution in [0, 0.1) is 0 Å². The van der Waals surface area contributed by atoms with Crippen LogP contribution >= 0.6 is 23.1 Å². The molecular formula is C50H57ClN8O6S. The van der Waals surface area contributed by atoms with Crippen LogP contribution in [0.4, 0.5) is 5.69 Å². The van der Waals surface area contributed by atoms with Gasteiger partial charge in [-0.25, -0.2) is 14.8 Å². The first kappa shape index (κ1) is 45.5. The van der Waals surface area contributed by atoms with E-state index in [1.807, 2.05) is 60.5 Å². The number of carboxylic acids is 1. The maximum Gasteiger partial charge on any atom is 0.345 e. The van der Waals surface area contributed by atoms with Gasteiger partial charge in [-0.3, -0.25) is 14.7 Å². The van der Waals surface area contributed by atoms with Crippen molar-refractivity contribution >= 4 is 56.4 Å². The van der Waals surface area contributed by atoms with Gasteiger partial charge in [0.1, 0.15) is 24.7 Å². The van der Waals surface area contributed by atoms with Crippen molar-refractivity contribution in [2.45, 2.75) is 71.0 Å². The molecule has 5 aromatic rings. The van der Waals surface area contributed by atoms with Crippen molar-refractivity contribution in [3.8, 4) is 23.0 Å². The Labute approximate surface area is 395 Å². The van der Waals surface area contributed by atoms with Crippen LogP contribution in [-0.4, -0.2) is 130 Å². The fraction of sp³-hybridized carbons (Fsp3) is 0.440. The molecule has 2 aromatic carbocycles. The van der Waals surface area contributed by atoms with Gasteiger partial charge in [-0.05, 0) is 97.9 Å². The summed E-state index contributed by atoms with van der Waals surface area (Å²) in [5.74, 6) is 1.50. The zero-order valence-corrected chi connectivity index (χ0v) is 39.5. The molecule has 4 aliphatic rings. The lowest BCUT2D eigenvalue weighted by atomic mass is 9.77. The minimum Gasteiger partial charge on any atom is -0.495 e. The van der Waals surface area contributed by atoms with Crippen molar-refractivity contribution in [2.24, 2.45) is 0 Å². The zero-order valence-electron chi connectivity index (χ0n) is 37.9. The Morgan fingerprint density at radius 2 is 1.71 bits per heavy atom. The SMILES string of the molecule is CC(=O)N1CCN(c2ccc(-c3nccc(COc4ccccc4C[C@@H](Oc4nsc5cnc(C6CCC6)c(C6=C(C)C(Cl)=C(OCCN7CCN(C)CC7)CC6)c45)C(=O)O)n3)cc2)CC1. The first-order valence-electron chi connectivity index (χ1n) is 23.0. The number of carbonyl (C=O) groups is 2. The quantitative estimate of drug-likeness (QED) is 0.102. The van der Waals surface area contributed by atoms with E-state index >= 15 is 0 Å². The number of para-hydroxylation sites is 1. The van der Waals surface area contributed by atoms with Crippen molar-refractivity contribution in [2.75, 3.05) is 77.5 Å². The molecule has 1 atom stereocenters. The number of hydrogen-bond acceptors (Lipinski definition) is 13. The second kappa shape index (κ2) is 20.5. The number of piperazine rings is 2. The first-order valence-corrected chi connectivity index (χ1v) is 24.2. The average Bonchev–Trinajstić information content (AvgIpc) is 3.73. The van der Waals surface area contributed by atoms with Crippen LogP contribution in [0.25, 0.3) is 27.0 Å². The van der Waals surface area contributed by atoms with Crippen molar-refractivity contribution in [3.63, 3.8) is 0 Å². The average molecular weight is 934 g/mol.